The van der Waals surface area contributed by atoms with Gasteiger partial charge in [0, 0.05) is 17.7 Å². The normalized spacial score (nSPS) is 11.5. The Morgan fingerprint density at radius 1 is 1.12 bits per heavy atom. The van der Waals surface area contributed by atoms with Crippen LogP contribution in [0, 0.1) is 10.1 Å². The number of carbonyl (C=O) groups is 1. The summed E-state index contributed by atoms with van der Waals surface area (Å²) in [6.45, 7) is 1.96. The van der Waals surface area contributed by atoms with Crippen molar-refractivity contribution < 1.29 is 19.2 Å². The molecule has 7 heteroatoms. The van der Waals surface area contributed by atoms with Crippen molar-refractivity contribution in [2.24, 2.45) is 0 Å². The summed E-state index contributed by atoms with van der Waals surface area (Å²) in [7, 11) is 3.11. The van der Waals surface area contributed by atoms with Gasteiger partial charge in [0.1, 0.15) is 0 Å². The van der Waals surface area contributed by atoms with Crippen LogP contribution in [0.15, 0.2) is 42.5 Å². The van der Waals surface area contributed by atoms with Crippen molar-refractivity contribution in [3.05, 3.63) is 63.7 Å². The molecule has 0 fully saturated rings. The Kier molecular flexibility index (Phi) is 5.94. The Balaban J connectivity index is 2.18. The van der Waals surface area contributed by atoms with Crippen LogP contribution in [0.1, 0.15) is 35.3 Å². The Labute approximate surface area is 145 Å². The number of nitro benzene ring substituents is 1. The molecule has 0 saturated heterocycles. The molecule has 0 unspecified atom stereocenters. The van der Waals surface area contributed by atoms with Gasteiger partial charge in [0.2, 0.25) is 0 Å². The largest absolute Gasteiger partial charge is 0.493 e. The van der Waals surface area contributed by atoms with Crippen LogP contribution in [0.5, 0.6) is 11.5 Å². The fraction of sp³-hybridized carbons (Fsp3) is 0.278. The zero-order valence-electron chi connectivity index (χ0n) is 14.3. The highest BCUT2D eigenvalue weighted by molar-refractivity contribution is 5.94. The van der Waals surface area contributed by atoms with Crippen LogP contribution in [0.3, 0.4) is 0 Å². The maximum absolute atomic E-state index is 12.4. The number of ether oxygens (including phenoxy) is 2. The number of nitrogens with one attached hydrogen (secondary N) is 1. The zero-order chi connectivity index (χ0) is 18.4. The fourth-order valence-electron chi connectivity index (χ4n) is 2.47. The first kappa shape index (κ1) is 18.3. The SMILES string of the molecule is CC[C@@H](NC(=O)c1ccc([N+](=O)[O-])cc1)c1ccc(OC)c(OC)c1. The van der Waals surface area contributed by atoms with E-state index in [1.807, 2.05) is 19.1 Å². The van der Waals surface area contributed by atoms with Crippen molar-refractivity contribution in [1.29, 1.82) is 0 Å². The Hall–Kier alpha value is -3.09. The lowest BCUT2D eigenvalue weighted by Crippen LogP contribution is -2.28. The second-order valence-corrected chi connectivity index (χ2v) is 5.35. The van der Waals surface area contributed by atoms with E-state index >= 15 is 0 Å². The van der Waals surface area contributed by atoms with Gasteiger partial charge in [-0.05, 0) is 36.2 Å². The number of carbonyl (C=O) groups excluding carboxylic acids is 1. The smallest absolute Gasteiger partial charge is 0.269 e. The summed E-state index contributed by atoms with van der Waals surface area (Å²) in [6.07, 6.45) is 0.675. The lowest BCUT2D eigenvalue weighted by Gasteiger charge is -2.19. The number of methoxy groups -OCH3 is 2. The topological polar surface area (TPSA) is 90.7 Å². The number of benzene rings is 2. The first-order valence-corrected chi connectivity index (χ1v) is 7.77. The summed E-state index contributed by atoms with van der Waals surface area (Å²) >= 11 is 0. The summed E-state index contributed by atoms with van der Waals surface area (Å²) in [4.78, 5) is 22.6. The van der Waals surface area contributed by atoms with Crippen molar-refractivity contribution in [3.63, 3.8) is 0 Å². The molecular formula is C18H20N2O5. The molecule has 0 saturated carbocycles. The Morgan fingerprint density at radius 2 is 1.76 bits per heavy atom. The molecule has 0 heterocycles. The number of nitrogens with zero attached hydrogens (tertiary/aromatic N) is 1. The number of amides is 1. The summed E-state index contributed by atoms with van der Waals surface area (Å²) in [5, 5.41) is 13.6. The molecule has 0 aliphatic rings. The standard InChI is InChI=1S/C18H20N2O5/c1-4-15(13-7-10-16(24-2)17(11-13)25-3)19-18(21)12-5-8-14(9-6-12)20(22)23/h5-11,15H,4H2,1-3H3,(H,19,21)/t15-/m1/s1. The van der Waals surface area contributed by atoms with Gasteiger partial charge in [-0.2, -0.15) is 0 Å². The van der Waals surface area contributed by atoms with Crippen molar-refractivity contribution in [2.45, 2.75) is 19.4 Å². The van der Waals surface area contributed by atoms with Crippen LogP contribution in [-0.2, 0) is 0 Å². The van der Waals surface area contributed by atoms with Gasteiger partial charge < -0.3 is 14.8 Å². The average molecular weight is 344 g/mol. The van der Waals surface area contributed by atoms with E-state index in [1.54, 1.807) is 20.3 Å². The lowest BCUT2D eigenvalue weighted by molar-refractivity contribution is -0.384. The predicted octanol–water partition coefficient (Wildman–Crippen LogP) is 3.49. The van der Waals surface area contributed by atoms with E-state index < -0.39 is 4.92 Å². The van der Waals surface area contributed by atoms with Crippen molar-refractivity contribution >= 4 is 11.6 Å². The summed E-state index contributed by atoms with van der Waals surface area (Å²) < 4.78 is 10.5. The molecule has 0 aliphatic carbocycles. The number of hydrogen-bond acceptors (Lipinski definition) is 5. The second-order valence-electron chi connectivity index (χ2n) is 5.35. The average Bonchev–Trinajstić information content (AvgIpc) is 2.65. The van der Waals surface area contributed by atoms with Crippen LogP contribution in [0.2, 0.25) is 0 Å². The molecular weight excluding hydrogens is 324 g/mol. The van der Waals surface area contributed by atoms with Crippen LogP contribution in [0.25, 0.3) is 0 Å². The summed E-state index contributed by atoms with van der Waals surface area (Å²) in [5.74, 6) is 0.905. The molecule has 25 heavy (non-hydrogen) atoms. The Morgan fingerprint density at radius 3 is 2.28 bits per heavy atom. The minimum atomic E-state index is -0.500. The number of hydrogen-bond donors (Lipinski definition) is 1. The lowest BCUT2D eigenvalue weighted by atomic mass is 10.0. The number of non-ortho nitro benzene ring substituents is 1. The van der Waals surface area contributed by atoms with E-state index in [9.17, 15) is 14.9 Å². The minimum Gasteiger partial charge on any atom is -0.493 e. The first-order valence-electron chi connectivity index (χ1n) is 7.77. The molecule has 0 aromatic heterocycles. The quantitative estimate of drug-likeness (QED) is 0.613. The van der Waals surface area contributed by atoms with E-state index in [1.165, 1.54) is 24.3 Å². The van der Waals surface area contributed by atoms with Crippen LogP contribution in [0.4, 0.5) is 5.69 Å². The van der Waals surface area contributed by atoms with Gasteiger partial charge in [0.05, 0.1) is 25.2 Å². The van der Waals surface area contributed by atoms with Crippen LogP contribution < -0.4 is 14.8 Å². The molecule has 2 aromatic rings. The molecule has 2 aromatic carbocycles. The molecule has 0 spiro atoms. The van der Waals surface area contributed by atoms with E-state index in [2.05, 4.69) is 5.32 Å². The molecule has 7 nitrogen and oxygen atoms in total. The van der Waals surface area contributed by atoms with Crippen molar-refractivity contribution in [2.75, 3.05) is 14.2 Å². The molecule has 0 bridgehead atoms. The van der Waals surface area contributed by atoms with Gasteiger partial charge in [-0.1, -0.05) is 13.0 Å². The molecule has 1 atom stereocenters. The minimum absolute atomic E-state index is 0.0523. The zero-order valence-corrected chi connectivity index (χ0v) is 14.3. The maximum Gasteiger partial charge on any atom is 0.269 e. The third-order valence-corrected chi connectivity index (χ3v) is 3.86. The van der Waals surface area contributed by atoms with Crippen LogP contribution in [-0.4, -0.2) is 25.1 Å². The highest BCUT2D eigenvalue weighted by Crippen LogP contribution is 2.31. The van der Waals surface area contributed by atoms with Gasteiger partial charge >= 0.3 is 0 Å². The van der Waals surface area contributed by atoms with Gasteiger partial charge in [-0.25, -0.2) is 0 Å². The van der Waals surface area contributed by atoms with Crippen molar-refractivity contribution in [3.8, 4) is 11.5 Å². The monoisotopic (exact) mass is 344 g/mol. The first-order chi connectivity index (χ1) is 12.0. The van der Waals surface area contributed by atoms with Gasteiger partial charge in [-0.3, -0.25) is 14.9 Å². The highest BCUT2D eigenvalue weighted by Gasteiger charge is 2.17. The number of rotatable bonds is 7. The predicted molar refractivity (Wildman–Crippen MR) is 93.1 cm³/mol. The maximum atomic E-state index is 12.4. The third kappa shape index (κ3) is 4.26. The van der Waals surface area contributed by atoms with Crippen molar-refractivity contribution in [1.82, 2.24) is 5.32 Å². The molecule has 0 aliphatic heterocycles. The third-order valence-electron chi connectivity index (χ3n) is 3.86. The van der Waals surface area contributed by atoms with E-state index in [-0.39, 0.29) is 17.6 Å². The second kappa shape index (κ2) is 8.14. The summed E-state index contributed by atoms with van der Waals surface area (Å²) in [6, 6.07) is 10.8. The van der Waals surface area contributed by atoms with Gasteiger partial charge in [-0.15, -0.1) is 0 Å². The molecule has 2 rings (SSSR count). The van der Waals surface area contributed by atoms with Crippen LogP contribution >= 0.6 is 0 Å². The Bertz CT molecular complexity index is 759. The molecule has 132 valence electrons. The number of nitro groups is 1. The highest BCUT2D eigenvalue weighted by atomic mass is 16.6. The molecule has 0 radical (unpaired) electrons. The van der Waals surface area contributed by atoms with E-state index in [4.69, 9.17) is 9.47 Å². The fourth-order valence-corrected chi connectivity index (χ4v) is 2.47. The van der Waals surface area contributed by atoms with Gasteiger partial charge in [0.25, 0.3) is 11.6 Å². The molecule has 1 amide bonds. The van der Waals surface area contributed by atoms with Gasteiger partial charge in [0.15, 0.2) is 11.5 Å². The van der Waals surface area contributed by atoms with E-state index in [0.29, 0.717) is 23.5 Å². The van der Waals surface area contributed by atoms with E-state index in [0.717, 1.165) is 5.56 Å². The molecule has 1 N–H and O–H groups in total. The summed E-state index contributed by atoms with van der Waals surface area (Å²) in [5.41, 5.74) is 1.20.